The highest BCUT2D eigenvalue weighted by atomic mass is 16.5. The number of hydrogen-bond acceptors (Lipinski definition) is 7. The van der Waals surface area contributed by atoms with Crippen molar-refractivity contribution < 1.29 is 9.53 Å². The Balaban J connectivity index is 1.26. The summed E-state index contributed by atoms with van der Waals surface area (Å²) in [6.07, 6.45) is 3.89. The largest absolute Gasteiger partial charge is 0.457 e. The van der Waals surface area contributed by atoms with Gasteiger partial charge in [-0.15, -0.1) is 0 Å². The number of benzene rings is 2. The number of aryl methyl sites for hydroxylation is 1. The number of hydrogen-bond donors (Lipinski definition) is 2. The van der Waals surface area contributed by atoms with Crippen molar-refractivity contribution in [3.63, 3.8) is 0 Å². The first-order valence-corrected chi connectivity index (χ1v) is 13.1. The Labute approximate surface area is 223 Å². The van der Waals surface area contributed by atoms with E-state index in [1.807, 2.05) is 56.0 Å². The minimum absolute atomic E-state index is 0.187. The van der Waals surface area contributed by atoms with Crippen LogP contribution in [0.15, 0.2) is 60.8 Å². The monoisotopic (exact) mass is 513 g/mol. The Morgan fingerprint density at radius 1 is 1.11 bits per heavy atom. The van der Waals surface area contributed by atoms with E-state index in [9.17, 15) is 4.79 Å². The van der Waals surface area contributed by atoms with Crippen LogP contribution in [0.2, 0.25) is 0 Å². The average molecular weight is 514 g/mol. The number of aromatic nitrogens is 3. The topological polar surface area (TPSA) is 87.5 Å². The molecule has 0 radical (unpaired) electrons. The van der Waals surface area contributed by atoms with Crippen LogP contribution in [0.25, 0.3) is 11.0 Å². The zero-order valence-electron chi connectivity index (χ0n) is 22.4. The fourth-order valence-electron chi connectivity index (χ4n) is 4.91. The summed E-state index contributed by atoms with van der Waals surface area (Å²) in [5, 5.41) is 6.43. The van der Waals surface area contributed by atoms with E-state index in [1.165, 1.54) is 6.42 Å². The molecule has 38 heavy (non-hydrogen) atoms. The Bertz CT molecular complexity index is 1410. The van der Waals surface area contributed by atoms with Crippen molar-refractivity contribution in [2.45, 2.75) is 25.8 Å². The Hall–Kier alpha value is -4.11. The number of anilines is 3. The van der Waals surface area contributed by atoms with Crippen LogP contribution >= 0.6 is 0 Å². The van der Waals surface area contributed by atoms with Gasteiger partial charge in [0.05, 0.1) is 11.0 Å². The highest BCUT2D eigenvalue weighted by Gasteiger charge is 2.23. The van der Waals surface area contributed by atoms with Crippen LogP contribution in [0.1, 0.15) is 30.3 Å². The number of pyridine rings is 1. The van der Waals surface area contributed by atoms with E-state index in [2.05, 4.69) is 44.5 Å². The van der Waals surface area contributed by atoms with E-state index in [1.54, 1.807) is 18.3 Å². The molecule has 2 N–H and O–H groups in total. The SMILES string of the molecule is CCN1CCCC1CNC(=O)c1cc(Oc2ccc3c(c2)nc(Nc2ccc(N(C)C)cc2)n3C)ccn1. The third-order valence-electron chi connectivity index (χ3n) is 7.10. The Morgan fingerprint density at radius 3 is 2.66 bits per heavy atom. The zero-order chi connectivity index (χ0) is 26.6. The molecule has 1 aliphatic rings. The molecular weight excluding hydrogens is 478 g/mol. The molecule has 0 spiro atoms. The molecule has 1 amide bonds. The first-order valence-electron chi connectivity index (χ1n) is 13.1. The van der Waals surface area contributed by atoms with Crippen molar-refractivity contribution in [2.24, 2.45) is 7.05 Å². The number of likely N-dealkylation sites (tertiary alicyclic amines) is 1. The summed E-state index contributed by atoms with van der Waals surface area (Å²) in [6.45, 7) is 4.89. The second kappa shape index (κ2) is 11.1. The smallest absolute Gasteiger partial charge is 0.270 e. The van der Waals surface area contributed by atoms with Gasteiger partial charge in [0.15, 0.2) is 0 Å². The Kier molecular flexibility index (Phi) is 7.46. The summed E-state index contributed by atoms with van der Waals surface area (Å²) < 4.78 is 8.10. The lowest BCUT2D eigenvalue weighted by molar-refractivity contribution is 0.0936. The number of carbonyl (C=O) groups excluding carboxylic acids is 1. The van der Waals surface area contributed by atoms with Crippen LogP contribution in [0.3, 0.4) is 0 Å². The molecule has 1 aliphatic heterocycles. The minimum Gasteiger partial charge on any atom is -0.457 e. The second-order valence-corrected chi connectivity index (χ2v) is 9.82. The minimum atomic E-state index is -0.187. The lowest BCUT2D eigenvalue weighted by Gasteiger charge is -2.22. The predicted octanol–water partition coefficient (Wildman–Crippen LogP) is 4.78. The fourth-order valence-corrected chi connectivity index (χ4v) is 4.91. The third-order valence-corrected chi connectivity index (χ3v) is 7.10. The number of imidazole rings is 1. The molecule has 4 aromatic rings. The molecule has 0 saturated carbocycles. The first-order chi connectivity index (χ1) is 18.4. The molecule has 2 aromatic carbocycles. The van der Waals surface area contributed by atoms with E-state index in [-0.39, 0.29) is 5.91 Å². The summed E-state index contributed by atoms with van der Waals surface area (Å²) in [6, 6.07) is 17.8. The normalized spacial score (nSPS) is 15.5. The highest BCUT2D eigenvalue weighted by Crippen LogP contribution is 2.28. The number of fused-ring (bicyclic) bond motifs is 1. The van der Waals surface area contributed by atoms with Gasteiger partial charge in [-0.2, -0.15) is 0 Å². The summed E-state index contributed by atoms with van der Waals surface area (Å²) in [5.74, 6) is 1.74. The van der Waals surface area contributed by atoms with E-state index in [0.717, 1.165) is 47.9 Å². The number of likely N-dealkylation sites (N-methyl/N-ethyl adjacent to an activating group) is 1. The molecule has 1 atom stereocenters. The van der Waals surface area contributed by atoms with Crippen LogP contribution in [-0.4, -0.2) is 65.1 Å². The number of nitrogens with zero attached hydrogens (tertiary/aromatic N) is 5. The summed E-state index contributed by atoms with van der Waals surface area (Å²) in [7, 11) is 6.02. The molecule has 198 valence electrons. The lowest BCUT2D eigenvalue weighted by Crippen LogP contribution is -2.40. The zero-order valence-corrected chi connectivity index (χ0v) is 22.4. The number of carbonyl (C=O) groups is 1. The molecule has 9 nitrogen and oxygen atoms in total. The molecule has 0 aliphatic carbocycles. The van der Waals surface area contributed by atoms with Crippen LogP contribution < -0.4 is 20.3 Å². The Morgan fingerprint density at radius 2 is 1.89 bits per heavy atom. The fraction of sp³-hybridized carbons (Fsp3) is 0.345. The maximum Gasteiger partial charge on any atom is 0.270 e. The van der Waals surface area contributed by atoms with Crippen LogP contribution in [0.5, 0.6) is 11.5 Å². The van der Waals surface area contributed by atoms with Crippen molar-refractivity contribution >= 4 is 34.3 Å². The van der Waals surface area contributed by atoms with Gasteiger partial charge in [-0.05, 0) is 68.4 Å². The first kappa shape index (κ1) is 25.5. The van der Waals surface area contributed by atoms with Crippen molar-refractivity contribution in [1.29, 1.82) is 0 Å². The van der Waals surface area contributed by atoms with E-state index >= 15 is 0 Å². The van der Waals surface area contributed by atoms with Gasteiger partial charge in [0.2, 0.25) is 5.95 Å². The van der Waals surface area contributed by atoms with Crippen molar-refractivity contribution in [1.82, 2.24) is 24.8 Å². The van der Waals surface area contributed by atoms with Gasteiger partial charge in [-0.3, -0.25) is 14.7 Å². The van der Waals surface area contributed by atoms with Crippen molar-refractivity contribution in [3.05, 3.63) is 66.5 Å². The number of rotatable bonds is 9. The number of amides is 1. The van der Waals surface area contributed by atoms with Gasteiger partial charge in [0, 0.05) is 63.4 Å². The third kappa shape index (κ3) is 5.57. The van der Waals surface area contributed by atoms with Gasteiger partial charge >= 0.3 is 0 Å². The molecule has 2 aromatic heterocycles. The maximum absolute atomic E-state index is 12.7. The van der Waals surface area contributed by atoms with Gasteiger partial charge in [0.1, 0.15) is 17.2 Å². The van der Waals surface area contributed by atoms with Crippen molar-refractivity contribution in [2.75, 3.05) is 43.9 Å². The number of nitrogens with one attached hydrogen (secondary N) is 2. The maximum atomic E-state index is 12.7. The van der Waals surface area contributed by atoms with Gasteiger partial charge in [-0.25, -0.2) is 4.98 Å². The van der Waals surface area contributed by atoms with E-state index in [0.29, 0.717) is 29.8 Å². The quantitative estimate of drug-likeness (QED) is 0.333. The lowest BCUT2D eigenvalue weighted by atomic mass is 10.2. The molecule has 1 fully saturated rings. The van der Waals surface area contributed by atoms with Crippen LogP contribution in [0, 0.1) is 0 Å². The van der Waals surface area contributed by atoms with E-state index in [4.69, 9.17) is 9.72 Å². The summed E-state index contributed by atoms with van der Waals surface area (Å²) in [5.41, 5.74) is 4.22. The van der Waals surface area contributed by atoms with Gasteiger partial charge in [-0.1, -0.05) is 6.92 Å². The molecule has 0 bridgehead atoms. The van der Waals surface area contributed by atoms with Crippen LogP contribution in [0.4, 0.5) is 17.3 Å². The molecule has 5 rings (SSSR count). The van der Waals surface area contributed by atoms with Gasteiger partial charge < -0.3 is 24.8 Å². The van der Waals surface area contributed by atoms with E-state index < -0.39 is 0 Å². The van der Waals surface area contributed by atoms with Crippen LogP contribution in [-0.2, 0) is 7.05 Å². The second-order valence-electron chi connectivity index (χ2n) is 9.82. The highest BCUT2D eigenvalue weighted by molar-refractivity contribution is 5.92. The summed E-state index contributed by atoms with van der Waals surface area (Å²) in [4.78, 5) is 26.2. The average Bonchev–Trinajstić information content (AvgIpc) is 3.51. The number of ether oxygens (including phenoxy) is 1. The molecule has 1 unspecified atom stereocenters. The summed E-state index contributed by atoms with van der Waals surface area (Å²) >= 11 is 0. The molecule has 9 heteroatoms. The predicted molar refractivity (Wildman–Crippen MR) is 152 cm³/mol. The molecule has 1 saturated heterocycles. The molecular formula is C29H35N7O2. The van der Waals surface area contributed by atoms with Gasteiger partial charge in [0.25, 0.3) is 5.91 Å². The van der Waals surface area contributed by atoms with Crippen molar-refractivity contribution in [3.8, 4) is 11.5 Å². The standard InChI is InChI=1S/C29H35N7O2/c1-5-36-16-6-7-22(36)19-31-28(37)26-18-24(14-15-30-26)38-23-12-13-27-25(17-23)33-29(35(27)4)32-20-8-10-21(11-9-20)34(2)3/h8-15,17-18,22H,5-7,16,19H2,1-4H3,(H,31,37)(H,32,33). The molecule has 3 heterocycles.